The number of aliphatic hydroxyl groups is 1. The molecule has 1 aromatic heterocycles. The molecule has 0 saturated carbocycles. The van der Waals surface area contributed by atoms with Gasteiger partial charge in [-0.15, -0.1) is 0 Å². The normalized spacial score (nSPS) is 20.4. The molecule has 0 spiro atoms. The van der Waals surface area contributed by atoms with Crippen LogP contribution in [0.2, 0.25) is 0 Å². The number of rotatable bonds is 5. The fourth-order valence-corrected chi connectivity index (χ4v) is 4.63. The number of aromatic nitrogens is 3. The molecule has 4 bridgehead atoms. The lowest BCUT2D eigenvalue weighted by molar-refractivity contribution is -0.120. The van der Waals surface area contributed by atoms with Gasteiger partial charge in [-0.2, -0.15) is 15.0 Å². The van der Waals surface area contributed by atoms with Gasteiger partial charge in [0.1, 0.15) is 6.23 Å². The first-order valence-corrected chi connectivity index (χ1v) is 12.8. The van der Waals surface area contributed by atoms with Crippen LogP contribution >= 0.6 is 0 Å². The van der Waals surface area contributed by atoms with Crippen LogP contribution in [0.25, 0.3) is 5.57 Å². The first-order valence-electron chi connectivity index (χ1n) is 12.8. The molecule has 1 fully saturated rings. The van der Waals surface area contributed by atoms with Gasteiger partial charge in [0.2, 0.25) is 17.8 Å². The van der Waals surface area contributed by atoms with E-state index in [0.29, 0.717) is 49.1 Å². The van der Waals surface area contributed by atoms with E-state index in [-0.39, 0.29) is 11.9 Å². The molecular weight excluding hydrogens is 482 g/mol. The number of amides is 1. The maximum atomic E-state index is 12.3. The number of hydrogen-bond donors (Lipinski definition) is 6. The molecule has 11 nitrogen and oxygen atoms in total. The van der Waals surface area contributed by atoms with Crippen LogP contribution in [0.3, 0.4) is 0 Å². The Bertz CT molecular complexity index is 1320. The summed E-state index contributed by atoms with van der Waals surface area (Å²) < 4.78 is 0. The Kier molecular flexibility index (Phi) is 7.81. The lowest BCUT2D eigenvalue weighted by Crippen LogP contribution is -2.56. The topological polar surface area (TPSA) is 153 Å². The van der Waals surface area contributed by atoms with Gasteiger partial charge < -0.3 is 31.7 Å². The molecule has 1 atom stereocenters. The van der Waals surface area contributed by atoms with Crippen molar-refractivity contribution in [1.29, 1.82) is 0 Å². The standard InChI is InChI=1S/C27H33N9O2/c1-36-15-22(16-36)30-25(38)17-7-4-8-19(12-17)31-26-33-24-18(14-28)6-2-3-11-23(37)29-20-9-5-10-21(13-20)32-27(34-24)35-26/h4-5,7-8,10,12,14,22,25,30,38H,2-3,6,11,13,15-16,28H2,1H3,(H,29,37)(H2,31,32,33,34,35). The van der Waals surface area contributed by atoms with E-state index in [0.717, 1.165) is 42.0 Å². The number of aliphatic hydroxyl groups excluding tert-OH is 1. The number of nitrogens with one attached hydrogen (secondary N) is 4. The molecular formula is C27H33N9O2. The van der Waals surface area contributed by atoms with Gasteiger partial charge >= 0.3 is 0 Å². The first kappa shape index (κ1) is 25.6. The van der Waals surface area contributed by atoms with E-state index >= 15 is 0 Å². The molecule has 198 valence electrons. The molecule has 1 unspecified atom stereocenters. The summed E-state index contributed by atoms with van der Waals surface area (Å²) in [5, 5.41) is 23.4. The molecule has 3 aliphatic rings. The lowest BCUT2D eigenvalue weighted by atomic mass is 10.1. The van der Waals surface area contributed by atoms with Crippen LogP contribution in [-0.2, 0) is 4.79 Å². The molecule has 0 radical (unpaired) electrons. The first-order chi connectivity index (χ1) is 18.4. The van der Waals surface area contributed by atoms with Gasteiger partial charge in [0.05, 0.1) is 5.70 Å². The van der Waals surface area contributed by atoms with Crippen molar-refractivity contribution >= 4 is 29.1 Å². The van der Waals surface area contributed by atoms with E-state index in [1.807, 2.05) is 30.3 Å². The fraction of sp³-hybridized carbons (Fsp3) is 0.370. The van der Waals surface area contributed by atoms with E-state index in [1.54, 1.807) is 6.08 Å². The van der Waals surface area contributed by atoms with Crippen LogP contribution in [0.4, 0.5) is 17.6 Å². The number of nitrogens with two attached hydrogens (primary N) is 1. The Hall–Kier alpha value is -4.02. The van der Waals surface area contributed by atoms with Crippen molar-refractivity contribution in [2.45, 2.75) is 44.4 Å². The van der Waals surface area contributed by atoms with E-state index < -0.39 is 6.23 Å². The third kappa shape index (κ3) is 6.45. The van der Waals surface area contributed by atoms with Crippen molar-refractivity contribution in [3.8, 4) is 0 Å². The van der Waals surface area contributed by atoms with E-state index in [9.17, 15) is 9.90 Å². The molecule has 2 aliphatic heterocycles. The van der Waals surface area contributed by atoms with Crippen molar-refractivity contribution in [1.82, 2.24) is 30.5 Å². The van der Waals surface area contributed by atoms with Gasteiger partial charge in [0, 0.05) is 55.1 Å². The fourth-order valence-electron chi connectivity index (χ4n) is 4.63. The average Bonchev–Trinajstić information content (AvgIpc) is 2.87. The highest BCUT2D eigenvalue weighted by Gasteiger charge is 2.25. The zero-order valence-electron chi connectivity index (χ0n) is 21.4. The van der Waals surface area contributed by atoms with Crippen LogP contribution in [0.1, 0.15) is 49.7 Å². The largest absolute Gasteiger partial charge is 0.404 e. The minimum atomic E-state index is -0.777. The van der Waals surface area contributed by atoms with Crippen LogP contribution in [-0.4, -0.2) is 57.0 Å². The summed E-state index contributed by atoms with van der Waals surface area (Å²) in [7, 11) is 2.05. The van der Waals surface area contributed by atoms with E-state index in [1.165, 1.54) is 6.20 Å². The number of benzene rings is 1. The minimum Gasteiger partial charge on any atom is -0.404 e. The van der Waals surface area contributed by atoms with E-state index in [4.69, 9.17) is 5.73 Å². The Morgan fingerprint density at radius 1 is 1.21 bits per heavy atom. The van der Waals surface area contributed by atoms with Gasteiger partial charge in [0.15, 0.2) is 5.82 Å². The van der Waals surface area contributed by atoms with Gasteiger partial charge in [-0.05, 0) is 56.2 Å². The van der Waals surface area contributed by atoms with Crippen molar-refractivity contribution in [2.24, 2.45) is 5.73 Å². The zero-order chi connectivity index (χ0) is 26.5. The number of hydrogen-bond acceptors (Lipinski definition) is 10. The van der Waals surface area contributed by atoms with Crippen molar-refractivity contribution in [3.63, 3.8) is 0 Å². The summed E-state index contributed by atoms with van der Waals surface area (Å²) in [5.41, 5.74) is 12.8. The molecule has 7 N–H and O–H groups in total. The number of likely N-dealkylation sites (N-methyl/N-ethyl adjacent to an activating group) is 1. The summed E-state index contributed by atoms with van der Waals surface area (Å²) in [6.07, 6.45) is 7.35. The summed E-state index contributed by atoms with van der Waals surface area (Å²) in [5.74, 6) is 1.14. The molecule has 2 aromatic rings. The van der Waals surface area contributed by atoms with Crippen molar-refractivity contribution < 1.29 is 9.90 Å². The monoisotopic (exact) mass is 515 g/mol. The van der Waals surface area contributed by atoms with Gasteiger partial charge in [-0.1, -0.05) is 17.9 Å². The van der Waals surface area contributed by atoms with Crippen LogP contribution in [0, 0.1) is 0 Å². The number of allylic oxidation sites excluding steroid dienone is 2. The molecule has 5 rings (SSSR count). The predicted molar refractivity (Wildman–Crippen MR) is 146 cm³/mol. The number of nitrogens with zero attached hydrogens (tertiary/aromatic N) is 4. The Morgan fingerprint density at radius 2 is 2.05 bits per heavy atom. The molecule has 38 heavy (non-hydrogen) atoms. The maximum Gasteiger partial charge on any atom is 0.232 e. The molecule has 1 aliphatic carbocycles. The summed E-state index contributed by atoms with van der Waals surface area (Å²) in [4.78, 5) is 28.3. The quantitative estimate of drug-likeness (QED) is 0.258. The molecule has 1 aromatic carbocycles. The molecule has 3 heterocycles. The second-order valence-electron chi connectivity index (χ2n) is 9.77. The Morgan fingerprint density at radius 3 is 2.87 bits per heavy atom. The summed E-state index contributed by atoms with van der Waals surface area (Å²) >= 11 is 0. The van der Waals surface area contributed by atoms with Crippen LogP contribution < -0.4 is 27.0 Å². The highest BCUT2D eigenvalue weighted by atomic mass is 16.3. The zero-order valence-corrected chi connectivity index (χ0v) is 21.4. The summed E-state index contributed by atoms with van der Waals surface area (Å²) in [6.45, 7) is 1.82. The summed E-state index contributed by atoms with van der Waals surface area (Å²) in [6, 6.07) is 7.78. The number of anilines is 3. The van der Waals surface area contributed by atoms with Crippen LogP contribution in [0.5, 0.6) is 0 Å². The smallest absolute Gasteiger partial charge is 0.232 e. The highest BCUT2D eigenvalue weighted by molar-refractivity contribution is 5.78. The lowest BCUT2D eigenvalue weighted by Gasteiger charge is -2.38. The van der Waals surface area contributed by atoms with Gasteiger partial charge in [-0.25, -0.2) is 0 Å². The predicted octanol–water partition coefficient (Wildman–Crippen LogP) is 2.24. The number of likely N-dealkylation sites (tertiary alicyclic amines) is 1. The van der Waals surface area contributed by atoms with Crippen molar-refractivity contribution in [3.05, 3.63) is 71.1 Å². The minimum absolute atomic E-state index is 0.0283. The third-order valence-corrected chi connectivity index (χ3v) is 6.61. The highest BCUT2D eigenvalue weighted by Crippen LogP contribution is 2.25. The molecule has 11 heteroatoms. The molecule has 1 saturated heterocycles. The van der Waals surface area contributed by atoms with Crippen LogP contribution in [0.15, 0.2) is 59.7 Å². The SMILES string of the molecule is CN1CC(NC(O)c2cccc(Nc3nc4nc(n3)C(=CN)CCCCC(=O)NC3=C=CC=C(C3)N4)c2)C1. The third-order valence-electron chi connectivity index (χ3n) is 6.61. The molecule has 1 amide bonds. The Labute approximate surface area is 221 Å². The van der Waals surface area contributed by atoms with Gasteiger partial charge in [0.25, 0.3) is 0 Å². The number of carbonyl (C=O) groups excluding carboxylic acids is 1. The second kappa shape index (κ2) is 11.6. The Balaban J connectivity index is 1.39. The average molecular weight is 516 g/mol. The maximum absolute atomic E-state index is 12.3. The van der Waals surface area contributed by atoms with Crippen molar-refractivity contribution in [2.75, 3.05) is 30.8 Å². The van der Waals surface area contributed by atoms with Gasteiger partial charge in [-0.3, -0.25) is 10.1 Å². The second-order valence-corrected chi connectivity index (χ2v) is 9.77. The number of fused-ring (bicyclic) bond motifs is 4. The van der Waals surface area contributed by atoms with E-state index in [2.05, 4.69) is 53.9 Å². The number of carbonyl (C=O) groups is 1.